The molecule has 2 rings (SSSR count). The molecule has 1 aliphatic rings. The summed E-state index contributed by atoms with van der Waals surface area (Å²) in [6.45, 7) is 5.00. The number of hydrogen-bond donors (Lipinski definition) is 1. The molecule has 1 fully saturated rings. The number of nitrogens with one attached hydrogen (secondary N) is 1. The Morgan fingerprint density at radius 1 is 1.32 bits per heavy atom. The first-order valence-corrected chi connectivity index (χ1v) is 6.91. The predicted molar refractivity (Wildman–Crippen MR) is 73.1 cm³/mol. The molecule has 1 aromatic carbocycles. The Labute approximate surface area is 114 Å². The molecule has 1 saturated heterocycles. The van der Waals surface area contributed by atoms with Gasteiger partial charge in [-0.1, -0.05) is 6.07 Å². The quantitative estimate of drug-likeness (QED) is 0.798. The molecule has 0 amide bonds. The van der Waals surface area contributed by atoms with Crippen LogP contribution in [0.5, 0.6) is 0 Å². The summed E-state index contributed by atoms with van der Waals surface area (Å²) >= 11 is 0. The van der Waals surface area contributed by atoms with Gasteiger partial charge in [-0.25, -0.2) is 4.39 Å². The predicted octanol–water partition coefficient (Wildman–Crippen LogP) is 2.27. The van der Waals surface area contributed by atoms with Crippen molar-refractivity contribution in [1.82, 2.24) is 10.2 Å². The minimum Gasteiger partial charge on any atom is -0.313 e. The summed E-state index contributed by atoms with van der Waals surface area (Å²) in [5.41, 5.74) is 0.996. The maximum Gasteiger partial charge on any atom is 0.129 e. The van der Waals surface area contributed by atoms with Crippen LogP contribution in [0.3, 0.4) is 0 Å². The molecule has 0 spiro atoms. The maximum atomic E-state index is 13.6. The molecule has 0 atom stereocenters. The fourth-order valence-corrected chi connectivity index (χ4v) is 2.42. The van der Waals surface area contributed by atoms with E-state index in [4.69, 9.17) is 5.26 Å². The van der Waals surface area contributed by atoms with E-state index < -0.39 is 0 Å². The average molecular weight is 261 g/mol. The van der Waals surface area contributed by atoms with Gasteiger partial charge in [0.25, 0.3) is 0 Å². The number of nitriles is 1. The Balaban J connectivity index is 1.66. The van der Waals surface area contributed by atoms with Crippen molar-refractivity contribution in [1.29, 1.82) is 5.26 Å². The van der Waals surface area contributed by atoms with Crippen LogP contribution in [0.15, 0.2) is 18.2 Å². The van der Waals surface area contributed by atoms with Gasteiger partial charge in [-0.2, -0.15) is 5.26 Å². The zero-order valence-electron chi connectivity index (χ0n) is 11.2. The summed E-state index contributed by atoms with van der Waals surface area (Å²) in [6, 6.07) is 6.57. The van der Waals surface area contributed by atoms with Crippen LogP contribution in [0.1, 0.15) is 30.4 Å². The highest BCUT2D eigenvalue weighted by molar-refractivity contribution is 5.32. The molecule has 19 heavy (non-hydrogen) atoms. The summed E-state index contributed by atoms with van der Waals surface area (Å²) in [7, 11) is 0. The molecule has 1 aliphatic heterocycles. The van der Waals surface area contributed by atoms with Crippen LogP contribution in [0.4, 0.5) is 4.39 Å². The van der Waals surface area contributed by atoms with E-state index in [1.54, 1.807) is 12.1 Å². The standard InChI is InChI=1S/C15H20FN3/c16-15-10-13(11-17)4-5-14(15)12-18-6-3-9-19-7-1-2-8-19/h4-5,10,18H,1-3,6-9,12H2. The third-order valence-electron chi connectivity index (χ3n) is 3.52. The fourth-order valence-electron chi connectivity index (χ4n) is 2.42. The molecule has 4 heteroatoms. The van der Waals surface area contributed by atoms with Gasteiger partial charge in [0.1, 0.15) is 5.82 Å². The van der Waals surface area contributed by atoms with Gasteiger partial charge >= 0.3 is 0 Å². The van der Waals surface area contributed by atoms with E-state index in [0.717, 1.165) is 19.5 Å². The van der Waals surface area contributed by atoms with Crippen molar-refractivity contribution in [2.24, 2.45) is 0 Å². The van der Waals surface area contributed by atoms with Crippen LogP contribution in [-0.4, -0.2) is 31.1 Å². The summed E-state index contributed by atoms with van der Waals surface area (Å²) in [6.07, 6.45) is 3.74. The van der Waals surface area contributed by atoms with E-state index in [2.05, 4.69) is 10.2 Å². The van der Waals surface area contributed by atoms with Gasteiger partial charge in [0.15, 0.2) is 0 Å². The van der Waals surface area contributed by atoms with Crippen LogP contribution in [0, 0.1) is 17.1 Å². The molecule has 0 saturated carbocycles. The Bertz CT molecular complexity index is 447. The van der Waals surface area contributed by atoms with Crippen LogP contribution < -0.4 is 5.32 Å². The van der Waals surface area contributed by atoms with E-state index in [9.17, 15) is 4.39 Å². The molecule has 0 bridgehead atoms. The minimum absolute atomic E-state index is 0.300. The highest BCUT2D eigenvalue weighted by atomic mass is 19.1. The SMILES string of the molecule is N#Cc1ccc(CNCCCN2CCCC2)c(F)c1. The Morgan fingerprint density at radius 3 is 2.79 bits per heavy atom. The van der Waals surface area contributed by atoms with Gasteiger partial charge in [0.05, 0.1) is 11.6 Å². The maximum absolute atomic E-state index is 13.6. The lowest BCUT2D eigenvalue weighted by Crippen LogP contribution is -2.24. The zero-order valence-corrected chi connectivity index (χ0v) is 11.2. The summed E-state index contributed by atoms with van der Waals surface area (Å²) in [4.78, 5) is 2.48. The minimum atomic E-state index is -0.300. The summed E-state index contributed by atoms with van der Waals surface area (Å²) in [5, 5.41) is 11.9. The lowest BCUT2D eigenvalue weighted by atomic mass is 10.1. The number of benzene rings is 1. The van der Waals surface area contributed by atoms with Crippen molar-refractivity contribution in [2.75, 3.05) is 26.2 Å². The highest BCUT2D eigenvalue weighted by Gasteiger charge is 2.10. The van der Waals surface area contributed by atoms with E-state index in [-0.39, 0.29) is 5.82 Å². The Hall–Kier alpha value is -1.44. The van der Waals surface area contributed by atoms with Crippen molar-refractivity contribution in [2.45, 2.75) is 25.8 Å². The molecular formula is C15H20FN3. The van der Waals surface area contributed by atoms with E-state index >= 15 is 0 Å². The third-order valence-corrected chi connectivity index (χ3v) is 3.52. The van der Waals surface area contributed by atoms with E-state index in [1.807, 2.05) is 6.07 Å². The molecule has 0 aliphatic carbocycles. The first-order valence-electron chi connectivity index (χ1n) is 6.91. The highest BCUT2D eigenvalue weighted by Crippen LogP contribution is 2.10. The van der Waals surface area contributed by atoms with Gasteiger partial charge in [0, 0.05) is 12.1 Å². The monoisotopic (exact) mass is 261 g/mol. The van der Waals surface area contributed by atoms with Crippen molar-refractivity contribution in [3.63, 3.8) is 0 Å². The van der Waals surface area contributed by atoms with Crippen molar-refractivity contribution >= 4 is 0 Å². The number of nitrogens with zero attached hydrogens (tertiary/aromatic N) is 2. The second-order valence-electron chi connectivity index (χ2n) is 5.00. The van der Waals surface area contributed by atoms with Crippen LogP contribution >= 0.6 is 0 Å². The number of rotatable bonds is 6. The number of likely N-dealkylation sites (tertiary alicyclic amines) is 1. The van der Waals surface area contributed by atoms with Gasteiger partial charge < -0.3 is 10.2 Å². The van der Waals surface area contributed by atoms with Gasteiger partial charge in [-0.05, 0) is 57.6 Å². The lowest BCUT2D eigenvalue weighted by molar-refractivity contribution is 0.331. The van der Waals surface area contributed by atoms with Crippen LogP contribution in [-0.2, 0) is 6.54 Å². The third kappa shape index (κ3) is 4.30. The number of halogens is 1. The average Bonchev–Trinajstić information content (AvgIpc) is 2.93. The molecule has 1 N–H and O–H groups in total. The first kappa shape index (κ1) is 14.0. The van der Waals surface area contributed by atoms with Crippen molar-refractivity contribution in [3.8, 4) is 6.07 Å². The Kier molecular flexibility index (Phi) is 5.31. The van der Waals surface area contributed by atoms with E-state index in [0.29, 0.717) is 17.7 Å². The topological polar surface area (TPSA) is 39.1 Å². The molecule has 1 aromatic rings. The van der Waals surface area contributed by atoms with Crippen LogP contribution in [0.2, 0.25) is 0 Å². The fraction of sp³-hybridized carbons (Fsp3) is 0.533. The normalized spacial score (nSPS) is 15.6. The molecule has 1 heterocycles. The summed E-state index contributed by atoms with van der Waals surface area (Å²) in [5.74, 6) is -0.300. The van der Waals surface area contributed by atoms with Crippen molar-refractivity contribution < 1.29 is 4.39 Å². The van der Waals surface area contributed by atoms with Crippen molar-refractivity contribution in [3.05, 3.63) is 35.1 Å². The molecule has 0 aromatic heterocycles. The second kappa shape index (κ2) is 7.22. The lowest BCUT2D eigenvalue weighted by Gasteiger charge is -2.14. The zero-order chi connectivity index (χ0) is 13.5. The largest absolute Gasteiger partial charge is 0.313 e. The molecular weight excluding hydrogens is 241 g/mol. The molecule has 0 unspecified atom stereocenters. The second-order valence-corrected chi connectivity index (χ2v) is 5.00. The first-order chi connectivity index (χ1) is 9.29. The smallest absolute Gasteiger partial charge is 0.129 e. The van der Waals surface area contributed by atoms with Gasteiger partial charge in [-0.3, -0.25) is 0 Å². The molecule has 102 valence electrons. The van der Waals surface area contributed by atoms with Crippen LogP contribution in [0.25, 0.3) is 0 Å². The van der Waals surface area contributed by atoms with E-state index in [1.165, 1.54) is 32.0 Å². The Morgan fingerprint density at radius 2 is 2.11 bits per heavy atom. The van der Waals surface area contributed by atoms with Gasteiger partial charge in [-0.15, -0.1) is 0 Å². The van der Waals surface area contributed by atoms with Gasteiger partial charge in [0.2, 0.25) is 0 Å². The molecule has 3 nitrogen and oxygen atoms in total. The molecule has 0 radical (unpaired) electrons. The number of hydrogen-bond acceptors (Lipinski definition) is 3. The summed E-state index contributed by atoms with van der Waals surface area (Å²) < 4.78 is 13.6.